The smallest absolute Gasteiger partial charge is 0.413 e. The van der Waals surface area contributed by atoms with Crippen LogP contribution in [0.2, 0.25) is 0 Å². The Morgan fingerprint density at radius 1 is 0.750 bits per heavy atom. The number of methoxy groups -OCH3 is 2. The van der Waals surface area contributed by atoms with Crippen LogP contribution in [-0.4, -0.2) is 42.7 Å². The third kappa shape index (κ3) is 10.7. The number of ether oxygens (including phenoxy) is 3. The largest absolute Gasteiger partial charge is 0.453 e. The molecule has 0 heterocycles. The van der Waals surface area contributed by atoms with Gasteiger partial charge in [-0.25, -0.2) is 14.4 Å². The zero-order valence-corrected chi connectivity index (χ0v) is 18.7. The highest BCUT2D eigenvalue weighted by Gasteiger charge is 2.09. The minimum atomic E-state index is -0.786. The molecule has 0 bridgehead atoms. The number of para-hydroxylation sites is 3. The summed E-state index contributed by atoms with van der Waals surface area (Å²) in [4.78, 5) is 32.3. The molecule has 170 valence electrons. The summed E-state index contributed by atoms with van der Waals surface area (Å²) in [7, 11) is 2.45. The summed E-state index contributed by atoms with van der Waals surface area (Å²) in [6, 6.07) is 15.6. The molecule has 0 aliphatic rings. The maximum absolute atomic E-state index is 11.1. The highest BCUT2D eigenvalue weighted by atomic mass is 32.1. The van der Waals surface area contributed by atoms with Gasteiger partial charge in [0.1, 0.15) is 5.75 Å². The molecule has 11 nitrogen and oxygen atoms in total. The number of alkyl carbamates (subject to hydrolysis) is 2. The van der Waals surface area contributed by atoms with Crippen molar-refractivity contribution in [3.63, 3.8) is 0 Å². The molecule has 2 rings (SSSR count). The molecule has 3 amide bonds. The average molecular weight is 480 g/mol. The van der Waals surface area contributed by atoms with Gasteiger partial charge in [0.05, 0.1) is 25.6 Å². The number of nitrogens with two attached hydrogens (primary N) is 1. The highest BCUT2D eigenvalue weighted by molar-refractivity contribution is 7.80. The van der Waals surface area contributed by atoms with Crippen molar-refractivity contribution in [1.29, 1.82) is 0 Å². The monoisotopic (exact) mass is 479 g/mol. The number of thiocarbonyl (C=S) groups is 2. The van der Waals surface area contributed by atoms with Crippen molar-refractivity contribution in [2.45, 2.75) is 0 Å². The Morgan fingerprint density at radius 2 is 1.16 bits per heavy atom. The van der Waals surface area contributed by atoms with E-state index in [-0.39, 0.29) is 10.2 Å². The van der Waals surface area contributed by atoms with Gasteiger partial charge in [0.25, 0.3) is 0 Å². The molecule has 0 aliphatic carbocycles. The van der Waals surface area contributed by atoms with Crippen LogP contribution in [0.4, 0.5) is 25.8 Å². The van der Waals surface area contributed by atoms with E-state index in [9.17, 15) is 14.4 Å². The van der Waals surface area contributed by atoms with Crippen molar-refractivity contribution >= 4 is 64.3 Å². The Kier molecular flexibility index (Phi) is 11.5. The molecule has 0 saturated heterocycles. The first-order valence-corrected chi connectivity index (χ1v) is 9.50. The van der Waals surface area contributed by atoms with Crippen LogP contribution in [0.3, 0.4) is 0 Å². The number of hydrogen-bond acceptors (Lipinski definition) is 8. The molecule has 0 saturated carbocycles. The van der Waals surface area contributed by atoms with Gasteiger partial charge in [0.15, 0.2) is 10.2 Å². The molecule has 0 unspecified atom stereocenters. The number of carbonyl (C=O) groups is 3. The number of amides is 3. The van der Waals surface area contributed by atoms with Crippen molar-refractivity contribution in [2.24, 2.45) is 5.73 Å². The lowest BCUT2D eigenvalue weighted by Gasteiger charge is -2.15. The van der Waals surface area contributed by atoms with E-state index in [1.807, 2.05) is 6.07 Å². The molecule has 0 atom stereocenters. The van der Waals surface area contributed by atoms with Crippen LogP contribution in [0, 0.1) is 0 Å². The third-order valence-corrected chi connectivity index (χ3v) is 3.60. The summed E-state index contributed by atoms with van der Waals surface area (Å²) in [6.07, 6.45) is -2.16. The third-order valence-electron chi connectivity index (χ3n) is 3.19. The molecular formula is C19H21N5O6S2. The van der Waals surface area contributed by atoms with Gasteiger partial charge in [-0.3, -0.25) is 10.6 Å². The number of benzene rings is 2. The van der Waals surface area contributed by atoms with E-state index in [1.165, 1.54) is 14.2 Å². The first-order valence-electron chi connectivity index (χ1n) is 8.68. The lowest BCUT2D eigenvalue weighted by Crippen LogP contribution is -2.35. The van der Waals surface area contributed by atoms with Gasteiger partial charge < -0.3 is 30.6 Å². The zero-order valence-electron chi connectivity index (χ0n) is 17.0. The predicted octanol–water partition coefficient (Wildman–Crippen LogP) is 2.94. The van der Waals surface area contributed by atoms with Gasteiger partial charge in [0, 0.05) is 0 Å². The second-order valence-corrected chi connectivity index (χ2v) is 6.24. The standard InChI is InChI=1S/C12H14N4O4S2.C7H7NO2/c1-19-11(17)15-9(21)13-7-5-3-4-6-8(7)14-10(22)16-12(18)20-2;8-7(9)10-6-4-2-1-3-5-6/h3-6H,1-2H3,(H2,13,15,17,21)(H2,14,16,18,22);1-5H,(H2,8,9). The lowest BCUT2D eigenvalue weighted by atomic mass is 10.2. The maximum Gasteiger partial charge on any atom is 0.413 e. The number of rotatable bonds is 3. The van der Waals surface area contributed by atoms with E-state index in [0.29, 0.717) is 17.1 Å². The number of carbonyl (C=O) groups excluding carboxylic acids is 3. The van der Waals surface area contributed by atoms with Gasteiger partial charge in [-0.1, -0.05) is 30.3 Å². The zero-order chi connectivity index (χ0) is 23.9. The van der Waals surface area contributed by atoms with Crippen LogP contribution in [0.5, 0.6) is 5.75 Å². The van der Waals surface area contributed by atoms with E-state index in [4.69, 9.17) is 30.2 Å². The van der Waals surface area contributed by atoms with Crippen LogP contribution >= 0.6 is 24.4 Å². The fraction of sp³-hybridized carbons (Fsp3) is 0.105. The van der Waals surface area contributed by atoms with Gasteiger partial charge in [-0.2, -0.15) is 0 Å². The van der Waals surface area contributed by atoms with Crippen molar-refractivity contribution in [1.82, 2.24) is 10.6 Å². The number of primary amides is 1. The maximum atomic E-state index is 11.1. The van der Waals surface area contributed by atoms with Crippen molar-refractivity contribution < 1.29 is 28.6 Å². The SMILES string of the molecule is COC(=O)NC(=S)Nc1ccccc1NC(=S)NC(=O)OC.NC(=O)Oc1ccccc1. The topological polar surface area (TPSA) is 153 Å². The molecule has 6 N–H and O–H groups in total. The Bertz CT molecular complexity index is 907. The van der Waals surface area contributed by atoms with E-state index in [1.54, 1.807) is 48.5 Å². The summed E-state index contributed by atoms with van der Waals surface area (Å²) in [5, 5.41) is 10.3. The summed E-state index contributed by atoms with van der Waals surface area (Å²) in [5.41, 5.74) is 5.84. The van der Waals surface area contributed by atoms with Gasteiger partial charge in [0.2, 0.25) is 0 Å². The van der Waals surface area contributed by atoms with Gasteiger partial charge >= 0.3 is 18.3 Å². The van der Waals surface area contributed by atoms with Crippen molar-refractivity contribution in [3.8, 4) is 5.75 Å². The fourth-order valence-corrected chi connectivity index (χ4v) is 2.29. The molecule has 0 aliphatic heterocycles. The fourth-order valence-electron chi connectivity index (χ4n) is 1.90. The van der Waals surface area contributed by atoms with Crippen molar-refractivity contribution in [3.05, 3.63) is 54.6 Å². The van der Waals surface area contributed by atoms with Crippen LogP contribution in [0.1, 0.15) is 0 Å². The van der Waals surface area contributed by atoms with E-state index in [2.05, 4.69) is 35.5 Å². The molecule has 2 aromatic carbocycles. The van der Waals surface area contributed by atoms with Crippen LogP contribution in [-0.2, 0) is 9.47 Å². The molecule has 2 aromatic rings. The minimum absolute atomic E-state index is 0.0490. The van der Waals surface area contributed by atoms with Crippen molar-refractivity contribution in [2.75, 3.05) is 24.9 Å². The molecular weight excluding hydrogens is 458 g/mol. The Balaban J connectivity index is 0.000000425. The highest BCUT2D eigenvalue weighted by Crippen LogP contribution is 2.20. The number of anilines is 2. The minimum Gasteiger partial charge on any atom is -0.453 e. The Hall–Kier alpha value is -3.97. The van der Waals surface area contributed by atoms with Gasteiger partial charge in [-0.05, 0) is 48.7 Å². The number of hydrogen-bond donors (Lipinski definition) is 5. The average Bonchev–Trinajstić information content (AvgIpc) is 2.75. The van der Waals surface area contributed by atoms with Gasteiger partial charge in [-0.15, -0.1) is 0 Å². The molecule has 32 heavy (non-hydrogen) atoms. The quantitative estimate of drug-likeness (QED) is 0.415. The summed E-state index contributed by atoms with van der Waals surface area (Å²) < 4.78 is 13.4. The predicted molar refractivity (Wildman–Crippen MR) is 127 cm³/mol. The Morgan fingerprint density at radius 3 is 1.53 bits per heavy atom. The van der Waals surface area contributed by atoms with Crippen LogP contribution in [0.25, 0.3) is 0 Å². The molecule has 0 radical (unpaired) electrons. The summed E-state index contributed by atoms with van der Waals surface area (Å²) in [6.45, 7) is 0. The van der Waals surface area contributed by atoms with Crippen LogP contribution < -0.4 is 31.7 Å². The normalized spacial score (nSPS) is 9.06. The van der Waals surface area contributed by atoms with E-state index < -0.39 is 18.3 Å². The molecule has 0 spiro atoms. The summed E-state index contributed by atoms with van der Waals surface area (Å²) >= 11 is 9.93. The second-order valence-electron chi connectivity index (χ2n) is 5.42. The first-order chi connectivity index (χ1) is 15.2. The Labute approximate surface area is 194 Å². The van der Waals surface area contributed by atoms with Crippen LogP contribution in [0.15, 0.2) is 54.6 Å². The molecule has 13 heteroatoms. The van der Waals surface area contributed by atoms with E-state index in [0.717, 1.165) is 0 Å². The molecule has 0 fully saturated rings. The summed E-state index contributed by atoms with van der Waals surface area (Å²) in [5.74, 6) is 0.468. The lowest BCUT2D eigenvalue weighted by molar-refractivity contribution is 0.176. The first kappa shape index (κ1) is 26.1. The molecule has 0 aromatic heterocycles. The number of nitrogens with one attached hydrogen (secondary N) is 4. The second kappa shape index (κ2) is 14.1. The van der Waals surface area contributed by atoms with E-state index >= 15 is 0 Å².